The molecule has 1 unspecified atom stereocenters. The first-order valence-corrected chi connectivity index (χ1v) is 10.5. The second-order valence-electron chi connectivity index (χ2n) is 7.37. The molecule has 4 nitrogen and oxygen atoms in total. The Kier molecular flexibility index (Phi) is 5.72. The van der Waals surface area contributed by atoms with Crippen LogP contribution in [0.2, 0.25) is 0 Å². The van der Waals surface area contributed by atoms with Crippen molar-refractivity contribution < 1.29 is 9.59 Å². The lowest BCUT2D eigenvalue weighted by Gasteiger charge is -2.35. The van der Waals surface area contributed by atoms with E-state index < -0.39 is 5.54 Å². The number of hydrogen-bond acceptors (Lipinski definition) is 3. The van der Waals surface area contributed by atoms with Crippen molar-refractivity contribution in [3.05, 3.63) is 29.8 Å². The van der Waals surface area contributed by atoms with Gasteiger partial charge in [-0.1, -0.05) is 25.0 Å². The molecular formula is C20H28N2O2S. The van der Waals surface area contributed by atoms with Crippen LogP contribution in [0.5, 0.6) is 0 Å². The number of likely N-dealkylation sites (tertiary alicyclic amines) is 1. The highest BCUT2D eigenvalue weighted by Gasteiger charge is 2.47. The highest BCUT2D eigenvalue weighted by Crippen LogP contribution is 2.31. The quantitative estimate of drug-likeness (QED) is 0.791. The van der Waals surface area contributed by atoms with E-state index in [0.717, 1.165) is 19.3 Å². The summed E-state index contributed by atoms with van der Waals surface area (Å²) in [4.78, 5) is 28.3. The van der Waals surface area contributed by atoms with Crippen LogP contribution in [0.1, 0.15) is 51.0 Å². The first-order chi connectivity index (χ1) is 12.0. The molecule has 1 heterocycles. The zero-order valence-corrected chi connectivity index (χ0v) is 16.0. The minimum absolute atomic E-state index is 0.0305. The van der Waals surface area contributed by atoms with Crippen molar-refractivity contribution in [1.29, 1.82) is 0 Å². The van der Waals surface area contributed by atoms with E-state index >= 15 is 0 Å². The molecule has 1 N–H and O–H groups in total. The third-order valence-corrected chi connectivity index (χ3v) is 6.43. The van der Waals surface area contributed by atoms with Crippen LogP contribution in [0.4, 0.5) is 0 Å². The van der Waals surface area contributed by atoms with Gasteiger partial charge in [-0.3, -0.25) is 9.59 Å². The van der Waals surface area contributed by atoms with E-state index in [0.29, 0.717) is 25.4 Å². The average Bonchev–Trinajstić information content (AvgIpc) is 3.23. The topological polar surface area (TPSA) is 49.4 Å². The molecule has 2 amide bonds. The Labute approximate surface area is 154 Å². The van der Waals surface area contributed by atoms with Crippen LogP contribution in [0.15, 0.2) is 29.2 Å². The molecule has 1 aliphatic carbocycles. The smallest absolute Gasteiger partial charge is 0.245 e. The molecule has 1 aromatic rings. The maximum atomic E-state index is 12.9. The SMILES string of the molecule is CSc1ccc(CCN2C(=O)CCC2(C)C(=O)NC2CCCC2)cc1. The summed E-state index contributed by atoms with van der Waals surface area (Å²) in [5.74, 6) is 0.132. The number of thioether (sulfide) groups is 1. The fraction of sp³-hybridized carbons (Fsp3) is 0.600. The summed E-state index contributed by atoms with van der Waals surface area (Å²) in [6.45, 7) is 2.53. The maximum absolute atomic E-state index is 12.9. The van der Waals surface area contributed by atoms with Gasteiger partial charge in [0.25, 0.3) is 0 Å². The van der Waals surface area contributed by atoms with Crippen molar-refractivity contribution >= 4 is 23.6 Å². The maximum Gasteiger partial charge on any atom is 0.245 e. The Bertz CT molecular complexity index is 625. The van der Waals surface area contributed by atoms with Gasteiger partial charge in [0, 0.05) is 23.9 Å². The minimum Gasteiger partial charge on any atom is -0.351 e. The predicted molar refractivity (Wildman–Crippen MR) is 102 cm³/mol. The van der Waals surface area contributed by atoms with Crippen molar-refractivity contribution in [2.24, 2.45) is 0 Å². The molecule has 0 aromatic heterocycles. The predicted octanol–water partition coefficient (Wildman–Crippen LogP) is 3.39. The molecule has 0 bridgehead atoms. The van der Waals surface area contributed by atoms with Gasteiger partial charge in [0.15, 0.2) is 0 Å². The molecule has 1 atom stereocenters. The number of amides is 2. The molecule has 1 aromatic carbocycles. The fourth-order valence-corrected chi connectivity index (χ4v) is 4.36. The van der Waals surface area contributed by atoms with Crippen LogP contribution in [0.25, 0.3) is 0 Å². The molecule has 1 saturated carbocycles. The van der Waals surface area contributed by atoms with Crippen LogP contribution >= 0.6 is 11.8 Å². The summed E-state index contributed by atoms with van der Waals surface area (Å²) >= 11 is 1.72. The summed E-state index contributed by atoms with van der Waals surface area (Å²) in [5, 5.41) is 3.19. The van der Waals surface area contributed by atoms with Gasteiger partial charge in [-0.15, -0.1) is 11.8 Å². The third-order valence-electron chi connectivity index (χ3n) is 5.69. The molecule has 5 heteroatoms. The van der Waals surface area contributed by atoms with Gasteiger partial charge >= 0.3 is 0 Å². The summed E-state index contributed by atoms with van der Waals surface area (Å²) in [6, 6.07) is 8.74. The van der Waals surface area contributed by atoms with Gasteiger partial charge in [-0.25, -0.2) is 0 Å². The molecule has 2 fully saturated rings. The second kappa shape index (κ2) is 7.81. The molecule has 25 heavy (non-hydrogen) atoms. The number of nitrogens with zero attached hydrogens (tertiary/aromatic N) is 1. The third kappa shape index (κ3) is 4.02. The molecule has 0 spiro atoms. The van der Waals surface area contributed by atoms with Crippen molar-refractivity contribution in [3.63, 3.8) is 0 Å². The van der Waals surface area contributed by atoms with E-state index in [2.05, 4.69) is 35.8 Å². The van der Waals surface area contributed by atoms with Gasteiger partial charge in [-0.05, 0) is 56.6 Å². The number of carbonyl (C=O) groups excluding carboxylic acids is 2. The van der Waals surface area contributed by atoms with E-state index in [9.17, 15) is 9.59 Å². The summed E-state index contributed by atoms with van der Waals surface area (Å²) < 4.78 is 0. The zero-order valence-electron chi connectivity index (χ0n) is 15.2. The second-order valence-corrected chi connectivity index (χ2v) is 8.25. The van der Waals surface area contributed by atoms with Crippen molar-refractivity contribution in [2.75, 3.05) is 12.8 Å². The molecular weight excluding hydrogens is 332 g/mol. The van der Waals surface area contributed by atoms with E-state index in [1.165, 1.54) is 23.3 Å². The van der Waals surface area contributed by atoms with Crippen LogP contribution in [-0.4, -0.2) is 41.1 Å². The minimum atomic E-state index is -0.696. The molecule has 3 rings (SSSR count). The fourth-order valence-electron chi connectivity index (χ4n) is 3.95. The van der Waals surface area contributed by atoms with Gasteiger partial charge < -0.3 is 10.2 Å². The van der Waals surface area contributed by atoms with E-state index in [1.54, 1.807) is 16.7 Å². The summed E-state index contributed by atoms with van der Waals surface area (Å²) in [7, 11) is 0. The van der Waals surface area contributed by atoms with Crippen molar-refractivity contribution in [2.45, 2.75) is 68.3 Å². The van der Waals surface area contributed by atoms with E-state index in [1.807, 2.05) is 6.92 Å². The largest absolute Gasteiger partial charge is 0.351 e. The Morgan fingerprint density at radius 3 is 2.60 bits per heavy atom. The summed E-state index contributed by atoms with van der Waals surface area (Å²) in [6.07, 6.45) is 8.45. The number of hydrogen-bond donors (Lipinski definition) is 1. The monoisotopic (exact) mass is 360 g/mol. The molecule has 1 saturated heterocycles. The first kappa shape index (κ1) is 18.3. The Hall–Kier alpha value is -1.49. The van der Waals surface area contributed by atoms with Crippen LogP contribution in [0, 0.1) is 0 Å². The highest BCUT2D eigenvalue weighted by atomic mass is 32.2. The number of benzene rings is 1. The lowest BCUT2D eigenvalue weighted by molar-refractivity contribution is -0.140. The molecule has 136 valence electrons. The van der Waals surface area contributed by atoms with Crippen molar-refractivity contribution in [3.8, 4) is 0 Å². The van der Waals surface area contributed by atoms with E-state index in [4.69, 9.17) is 0 Å². The van der Waals surface area contributed by atoms with Gasteiger partial charge in [0.05, 0.1) is 0 Å². The summed E-state index contributed by atoms with van der Waals surface area (Å²) in [5.41, 5.74) is 0.509. The Morgan fingerprint density at radius 1 is 1.28 bits per heavy atom. The van der Waals surface area contributed by atoms with Gasteiger partial charge in [0.2, 0.25) is 11.8 Å². The number of rotatable bonds is 6. The van der Waals surface area contributed by atoms with Gasteiger partial charge in [-0.2, -0.15) is 0 Å². The lowest BCUT2D eigenvalue weighted by atomic mass is 9.96. The number of nitrogens with one attached hydrogen (secondary N) is 1. The van der Waals surface area contributed by atoms with Gasteiger partial charge in [0.1, 0.15) is 5.54 Å². The molecule has 1 aliphatic heterocycles. The first-order valence-electron chi connectivity index (χ1n) is 9.27. The highest BCUT2D eigenvalue weighted by molar-refractivity contribution is 7.98. The number of carbonyl (C=O) groups is 2. The Morgan fingerprint density at radius 2 is 1.96 bits per heavy atom. The lowest BCUT2D eigenvalue weighted by Crippen LogP contribution is -2.56. The average molecular weight is 361 g/mol. The van der Waals surface area contributed by atoms with Crippen molar-refractivity contribution in [1.82, 2.24) is 10.2 Å². The van der Waals surface area contributed by atoms with Crippen LogP contribution in [0.3, 0.4) is 0 Å². The normalized spacial score (nSPS) is 24.1. The van der Waals surface area contributed by atoms with Crippen LogP contribution < -0.4 is 5.32 Å². The molecule has 2 aliphatic rings. The Balaban J connectivity index is 1.64. The van der Waals surface area contributed by atoms with E-state index in [-0.39, 0.29) is 11.8 Å². The zero-order chi connectivity index (χ0) is 17.9. The van der Waals surface area contributed by atoms with Crippen LogP contribution in [-0.2, 0) is 16.0 Å². The molecule has 0 radical (unpaired) electrons. The standard InChI is InChI=1S/C20H28N2O2S/c1-20(19(24)21-16-5-3-4-6-16)13-11-18(23)22(20)14-12-15-7-9-17(25-2)10-8-15/h7-10,16H,3-6,11-14H2,1-2H3,(H,21,24).